The van der Waals surface area contributed by atoms with Crippen LogP contribution < -0.4 is 5.32 Å². The monoisotopic (exact) mass is 421 g/mol. The molecule has 1 aromatic heterocycles. The largest absolute Gasteiger partial charge is 0.368 e. The third kappa shape index (κ3) is 5.61. The molecule has 2 aromatic carbocycles. The summed E-state index contributed by atoms with van der Waals surface area (Å²) in [6.45, 7) is 4.95. The van der Waals surface area contributed by atoms with Gasteiger partial charge in [0.25, 0.3) is 5.91 Å². The summed E-state index contributed by atoms with van der Waals surface area (Å²) in [4.78, 5) is 19.6. The zero-order valence-corrected chi connectivity index (χ0v) is 18.4. The number of benzene rings is 2. The van der Waals surface area contributed by atoms with Crippen molar-refractivity contribution in [2.75, 3.05) is 18.9 Å². The van der Waals surface area contributed by atoms with Crippen LogP contribution in [-0.2, 0) is 0 Å². The zero-order valence-electron chi connectivity index (χ0n) is 17.7. The van der Waals surface area contributed by atoms with Gasteiger partial charge in [-0.2, -0.15) is 0 Å². The number of anilines is 1. The Kier molecular flexibility index (Phi) is 7.47. The van der Waals surface area contributed by atoms with Crippen LogP contribution in [0.15, 0.2) is 72.9 Å². The number of rotatable bonds is 8. The van der Waals surface area contributed by atoms with Crippen LogP contribution in [0.5, 0.6) is 0 Å². The highest BCUT2D eigenvalue weighted by molar-refractivity contribution is 6.30. The van der Waals surface area contributed by atoms with E-state index in [0.29, 0.717) is 23.0 Å². The number of likely N-dealkylation sites (N-methyl/N-ethyl adjacent to an activating group) is 1. The Hall–Kier alpha value is -2.85. The van der Waals surface area contributed by atoms with Crippen LogP contribution in [0, 0.1) is 5.92 Å². The maximum Gasteiger partial charge on any atom is 0.254 e. The number of carbonyl (C=O) groups is 1. The van der Waals surface area contributed by atoms with Crippen molar-refractivity contribution in [3.63, 3.8) is 0 Å². The molecule has 156 valence electrons. The summed E-state index contributed by atoms with van der Waals surface area (Å²) in [5, 5.41) is 3.95. The summed E-state index contributed by atoms with van der Waals surface area (Å²) in [5.74, 6) is 1.22. The average molecular weight is 422 g/mol. The van der Waals surface area contributed by atoms with E-state index >= 15 is 0 Å². The van der Waals surface area contributed by atoms with Crippen LogP contribution in [0.1, 0.15) is 30.6 Å². The second-order valence-corrected chi connectivity index (χ2v) is 8.29. The van der Waals surface area contributed by atoms with Crippen molar-refractivity contribution >= 4 is 23.3 Å². The molecule has 0 bridgehead atoms. The molecule has 1 amide bonds. The smallest absolute Gasteiger partial charge is 0.254 e. The normalized spacial score (nSPS) is 11.9. The fourth-order valence-corrected chi connectivity index (χ4v) is 3.63. The van der Waals surface area contributed by atoms with E-state index in [-0.39, 0.29) is 11.9 Å². The molecule has 0 aliphatic rings. The van der Waals surface area contributed by atoms with E-state index in [2.05, 4.69) is 24.1 Å². The molecule has 3 aromatic rings. The number of nitrogens with zero attached hydrogens (tertiary/aromatic N) is 2. The lowest BCUT2D eigenvalue weighted by Crippen LogP contribution is -2.42. The summed E-state index contributed by atoms with van der Waals surface area (Å²) in [6.07, 6.45) is 2.50. The molecule has 0 spiro atoms. The molecule has 0 aliphatic heterocycles. The number of halogens is 1. The molecular formula is C25H28ClN3O. The average Bonchev–Trinajstić information content (AvgIpc) is 2.77. The third-order valence-corrected chi connectivity index (χ3v) is 5.32. The van der Waals surface area contributed by atoms with Gasteiger partial charge in [-0.3, -0.25) is 4.79 Å². The number of amides is 1. The highest BCUT2D eigenvalue weighted by Crippen LogP contribution is 2.25. The number of hydrogen-bond donors (Lipinski definition) is 1. The molecule has 1 unspecified atom stereocenters. The van der Waals surface area contributed by atoms with Crippen LogP contribution in [0.2, 0.25) is 5.02 Å². The van der Waals surface area contributed by atoms with E-state index in [9.17, 15) is 4.79 Å². The van der Waals surface area contributed by atoms with Crippen LogP contribution in [-0.4, -0.2) is 35.4 Å². The molecule has 30 heavy (non-hydrogen) atoms. The van der Waals surface area contributed by atoms with Crippen molar-refractivity contribution in [3.8, 4) is 11.1 Å². The molecule has 0 saturated heterocycles. The molecule has 4 nitrogen and oxygen atoms in total. The third-order valence-electron chi connectivity index (χ3n) is 5.10. The first kappa shape index (κ1) is 21.8. The van der Waals surface area contributed by atoms with E-state index in [4.69, 9.17) is 11.6 Å². The minimum atomic E-state index is 0.0194. The van der Waals surface area contributed by atoms with E-state index in [1.54, 1.807) is 12.3 Å². The Labute approximate surface area is 183 Å². The zero-order chi connectivity index (χ0) is 21.5. The van der Waals surface area contributed by atoms with Crippen LogP contribution in [0.25, 0.3) is 11.1 Å². The summed E-state index contributed by atoms with van der Waals surface area (Å²) < 4.78 is 0. The van der Waals surface area contributed by atoms with E-state index < -0.39 is 0 Å². The minimum absolute atomic E-state index is 0.0194. The molecule has 3 rings (SSSR count). The first-order chi connectivity index (χ1) is 14.5. The number of carbonyl (C=O) groups excluding carboxylic acids is 1. The second kappa shape index (κ2) is 10.3. The van der Waals surface area contributed by atoms with Gasteiger partial charge in [-0.15, -0.1) is 0 Å². The maximum absolute atomic E-state index is 13.5. The molecule has 0 fully saturated rings. The number of aromatic nitrogens is 1. The van der Waals surface area contributed by atoms with Gasteiger partial charge in [0.2, 0.25) is 0 Å². The van der Waals surface area contributed by atoms with Crippen molar-refractivity contribution < 1.29 is 4.79 Å². The van der Waals surface area contributed by atoms with Gasteiger partial charge in [0.1, 0.15) is 5.82 Å². The molecule has 0 radical (unpaired) electrons. The summed E-state index contributed by atoms with van der Waals surface area (Å²) in [6, 6.07) is 21.5. The molecule has 1 atom stereocenters. The molecule has 5 heteroatoms. The van der Waals surface area contributed by atoms with Crippen LogP contribution in [0.4, 0.5) is 5.82 Å². The van der Waals surface area contributed by atoms with Crippen molar-refractivity contribution in [1.82, 2.24) is 9.88 Å². The first-order valence-electron chi connectivity index (χ1n) is 10.2. The first-order valence-corrected chi connectivity index (χ1v) is 10.6. The predicted molar refractivity (Wildman–Crippen MR) is 125 cm³/mol. The fraction of sp³-hybridized carbons (Fsp3) is 0.280. The fourth-order valence-electron chi connectivity index (χ4n) is 3.52. The van der Waals surface area contributed by atoms with Crippen molar-refractivity contribution in [2.45, 2.75) is 26.3 Å². The Morgan fingerprint density at radius 2 is 1.73 bits per heavy atom. The van der Waals surface area contributed by atoms with Gasteiger partial charge in [-0.05, 0) is 41.7 Å². The summed E-state index contributed by atoms with van der Waals surface area (Å²) >= 11 is 5.93. The van der Waals surface area contributed by atoms with E-state index in [0.717, 1.165) is 23.4 Å². The van der Waals surface area contributed by atoms with Gasteiger partial charge < -0.3 is 10.2 Å². The number of nitrogens with one attached hydrogen (secondary N) is 1. The van der Waals surface area contributed by atoms with Gasteiger partial charge >= 0.3 is 0 Å². The summed E-state index contributed by atoms with van der Waals surface area (Å²) in [5.41, 5.74) is 2.70. The van der Waals surface area contributed by atoms with E-state index in [1.165, 1.54) is 0 Å². The van der Waals surface area contributed by atoms with Gasteiger partial charge in [0, 0.05) is 31.4 Å². The Balaban J connectivity index is 1.81. The SMILES string of the molecule is CC(C)CC(CNc1ccc(Cl)cn1)N(C)C(=O)c1ccccc1-c1ccccc1. The highest BCUT2D eigenvalue weighted by Gasteiger charge is 2.24. The standard InChI is InChI=1S/C25H28ClN3O/c1-18(2)15-21(17-28-24-14-13-20(26)16-27-24)29(3)25(30)23-12-8-7-11-22(23)19-9-5-4-6-10-19/h4-14,16,18,21H,15,17H2,1-3H3,(H,27,28). The van der Waals surface area contributed by atoms with Crippen molar-refractivity contribution in [2.24, 2.45) is 5.92 Å². The van der Waals surface area contributed by atoms with Gasteiger partial charge in [0.05, 0.1) is 5.02 Å². The Morgan fingerprint density at radius 3 is 2.40 bits per heavy atom. The van der Waals surface area contributed by atoms with Crippen molar-refractivity contribution in [1.29, 1.82) is 0 Å². The van der Waals surface area contributed by atoms with E-state index in [1.807, 2.05) is 72.6 Å². The van der Waals surface area contributed by atoms with Crippen LogP contribution >= 0.6 is 11.6 Å². The summed E-state index contributed by atoms with van der Waals surface area (Å²) in [7, 11) is 1.88. The van der Waals surface area contributed by atoms with Crippen molar-refractivity contribution in [3.05, 3.63) is 83.5 Å². The molecule has 0 saturated carbocycles. The lowest BCUT2D eigenvalue weighted by Gasteiger charge is -2.30. The quantitative estimate of drug-likeness (QED) is 0.485. The lowest BCUT2D eigenvalue weighted by molar-refractivity contribution is 0.0724. The molecular weight excluding hydrogens is 394 g/mol. The molecule has 0 aliphatic carbocycles. The van der Waals surface area contributed by atoms with Gasteiger partial charge in [-0.25, -0.2) is 4.98 Å². The van der Waals surface area contributed by atoms with Gasteiger partial charge in [0.15, 0.2) is 0 Å². The lowest BCUT2D eigenvalue weighted by atomic mass is 9.97. The number of pyridine rings is 1. The highest BCUT2D eigenvalue weighted by atomic mass is 35.5. The maximum atomic E-state index is 13.5. The van der Waals surface area contributed by atoms with Gasteiger partial charge in [-0.1, -0.05) is 74.0 Å². The molecule has 1 N–H and O–H groups in total. The topological polar surface area (TPSA) is 45.2 Å². The second-order valence-electron chi connectivity index (χ2n) is 7.85. The minimum Gasteiger partial charge on any atom is -0.368 e. The number of hydrogen-bond acceptors (Lipinski definition) is 3. The predicted octanol–water partition coefficient (Wildman–Crippen LogP) is 6.00. The van der Waals surface area contributed by atoms with Crippen LogP contribution in [0.3, 0.4) is 0 Å². The molecule has 1 heterocycles. The Morgan fingerprint density at radius 1 is 1.03 bits per heavy atom. The Bertz CT molecular complexity index is 958.